The summed E-state index contributed by atoms with van der Waals surface area (Å²) in [5.74, 6) is 0.667. The van der Waals surface area contributed by atoms with E-state index in [0.29, 0.717) is 11.2 Å². The van der Waals surface area contributed by atoms with Gasteiger partial charge in [-0.15, -0.1) is 10.2 Å². The lowest BCUT2D eigenvalue weighted by atomic mass is 9.80. The van der Waals surface area contributed by atoms with E-state index in [0.717, 1.165) is 19.6 Å². The lowest BCUT2D eigenvalue weighted by Gasteiger charge is -2.38. The fourth-order valence-electron chi connectivity index (χ4n) is 2.26. The number of hydrogen-bond acceptors (Lipinski definition) is 4. The van der Waals surface area contributed by atoms with Crippen molar-refractivity contribution in [2.75, 3.05) is 20.1 Å². The first-order valence-electron chi connectivity index (χ1n) is 5.79. The lowest BCUT2D eigenvalue weighted by molar-refractivity contribution is 0.117. The Morgan fingerprint density at radius 2 is 2.12 bits per heavy atom. The third kappa shape index (κ3) is 2.41. The molecule has 0 aromatic carbocycles. The van der Waals surface area contributed by atoms with E-state index in [1.54, 1.807) is 6.33 Å². The van der Waals surface area contributed by atoms with E-state index >= 15 is 0 Å². The van der Waals surface area contributed by atoms with E-state index in [4.69, 9.17) is 5.11 Å². The van der Waals surface area contributed by atoms with E-state index < -0.39 is 0 Å². The lowest BCUT2D eigenvalue weighted by Crippen LogP contribution is -2.38. The maximum absolute atomic E-state index is 9.13. The molecule has 1 saturated heterocycles. The van der Waals surface area contributed by atoms with Crippen molar-refractivity contribution in [2.24, 2.45) is 5.41 Å². The van der Waals surface area contributed by atoms with Crippen molar-refractivity contribution in [2.45, 2.75) is 32.9 Å². The average Bonchev–Trinajstić information content (AvgIpc) is 2.70. The quantitative estimate of drug-likeness (QED) is 0.812. The summed E-state index contributed by atoms with van der Waals surface area (Å²) in [6, 6.07) is 0. The molecule has 1 fully saturated rings. The number of aliphatic hydroxyl groups is 1. The van der Waals surface area contributed by atoms with Crippen LogP contribution >= 0.6 is 0 Å². The Kier molecular flexibility index (Phi) is 3.25. The van der Waals surface area contributed by atoms with Gasteiger partial charge in [-0.2, -0.15) is 0 Å². The van der Waals surface area contributed by atoms with Gasteiger partial charge in [0.25, 0.3) is 0 Å². The zero-order valence-corrected chi connectivity index (χ0v) is 10.1. The van der Waals surface area contributed by atoms with Gasteiger partial charge in [-0.05, 0) is 38.4 Å². The Hall–Kier alpha value is -0.940. The van der Waals surface area contributed by atoms with Gasteiger partial charge < -0.3 is 14.6 Å². The highest BCUT2D eigenvalue weighted by Gasteiger charge is 2.29. The van der Waals surface area contributed by atoms with Crippen LogP contribution in [-0.2, 0) is 13.2 Å². The second-order valence-electron chi connectivity index (χ2n) is 5.15. The Bertz CT molecular complexity index is 342. The number of hydrogen-bond donors (Lipinski definition) is 1. The standard InChI is InChI=1S/C11H20N4O/c1-11(3-5-14(2)6-4-11)8-15-9-12-13-10(15)7-16/h9,16H,3-8H2,1-2H3. The van der Waals surface area contributed by atoms with Crippen LogP contribution in [0.25, 0.3) is 0 Å². The molecule has 0 bridgehead atoms. The van der Waals surface area contributed by atoms with Gasteiger partial charge in [-0.1, -0.05) is 6.92 Å². The fourth-order valence-corrected chi connectivity index (χ4v) is 2.26. The number of rotatable bonds is 3. The minimum Gasteiger partial charge on any atom is -0.388 e. The molecule has 0 saturated carbocycles. The molecule has 0 unspecified atom stereocenters. The molecule has 1 N–H and O–H groups in total. The molecule has 1 aliphatic rings. The van der Waals surface area contributed by atoms with Crippen molar-refractivity contribution >= 4 is 0 Å². The number of aromatic nitrogens is 3. The Morgan fingerprint density at radius 1 is 1.44 bits per heavy atom. The summed E-state index contributed by atoms with van der Waals surface area (Å²) in [4.78, 5) is 2.36. The first-order valence-corrected chi connectivity index (χ1v) is 5.79. The van der Waals surface area contributed by atoms with Crippen LogP contribution in [0, 0.1) is 5.41 Å². The van der Waals surface area contributed by atoms with Gasteiger partial charge in [0.1, 0.15) is 12.9 Å². The highest BCUT2D eigenvalue weighted by atomic mass is 16.3. The van der Waals surface area contributed by atoms with E-state index in [2.05, 4.69) is 29.1 Å². The zero-order chi connectivity index (χ0) is 11.6. The van der Waals surface area contributed by atoms with Crippen LogP contribution < -0.4 is 0 Å². The molecular weight excluding hydrogens is 204 g/mol. The van der Waals surface area contributed by atoms with Gasteiger partial charge in [0.15, 0.2) is 5.82 Å². The van der Waals surface area contributed by atoms with E-state index in [9.17, 15) is 0 Å². The average molecular weight is 224 g/mol. The molecule has 0 radical (unpaired) electrons. The molecule has 0 amide bonds. The third-order valence-corrected chi connectivity index (χ3v) is 3.58. The second kappa shape index (κ2) is 4.51. The van der Waals surface area contributed by atoms with Crippen molar-refractivity contribution in [3.8, 4) is 0 Å². The van der Waals surface area contributed by atoms with Crippen molar-refractivity contribution in [3.63, 3.8) is 0 Å². The molecule has 1 aliphatic heterocycles. The summed E-state index contributed by atoms with van der Waals surface area (Å²) < 4.78 is 1.98. The highest BCUT2D eigenvalue weighted by Crippen LogP contribution is 2.32. The molecule has 5 nitrogen and oxygen atoms in total. The van der Waals surface area contributed by atoms with Gasteiger partial charge in [-0.25, -0.2) is 0 Å². The Morgan fingerprint density at radius 3 is 2.75 bits per heavy atom. The van der Waals surface area contributed by atoms with Crippen LogP contribution in [0.1, 0.15) is 25.6 Å². The van der Waals surface area contributed by atoms with Gasteiger partial charge in [-0.3, -0.25) is 0 Å². The maximum Gasteiger partial charge on any atom is 0.158 e. The number of nitrogens with zero attached hydrogens (tertiary/aromatic N) is 4. The van der Waals surface area contributed by atoms with Crippen LogP contribution in [0.5, 0.6) is 0 Å². The SMILES string of the molecule is CN1CCC(C)(Cn2cnnc2CO)CC1. The summed E-state index contributed by atoms with van der Waals surface area (Å²) in [5, 5.41) is 16.9. The molecule has 90 valence electrons. The first kappa shape index (κ1) is 11.5. The smallest absolute Gasteiger partial charge is 0.158 e. The molecule has 0 atom stereocenters. The first-order chi connectivity index (χ1) is 7.63. The molecule has 5 heteroatoms. The van der Waals surface area contributed by atoms with Gasteiger partial charge in [0.05, 0.1) is 0 Å². The number of aliphatic hydroxyl groups excluding tert-OH is 1. The summed E-state index contributed by atoms with van der Waals surface area (Å²) in [6.45, 7) is 5.47. The highest BCUT2D eigenvalue weighted by molar-refractivity contribution is 4.88. The van der Waals surface area contributed by atoms with E-state index in [-0.39, 0.29) is 6.61 Å². The minimum atomic E-state index is -0.0318. The van der Waals surface area contributed by atoms with Gasteiger partial charge in [0.2, 0.25) is 0 Å². The van der Waals surface area contributed by atoms with Crippen molar-refractivity contribution < 1.29 is 5.11 Å². The molecular formula is C11H20N4O. The van der Waals surface area contributed by atoms with Gasteiger partial charge in [0, 0.05) is 6.54 Å². The predicted octanol–water partition coefficient (Wildman–Crippen LogP) is 0.502. The van der Waals surface area contributed by atoms with Crippen molar-refractivity contribution in [3.05, 3.63) is 12.2 Å². The summed E-state index contributed by atoms with van der Waals surface area (Å²) in [7, 11) is 2.16. The maximum atomic E-state index is 9.13. The second-order valence-corrected chi connectivity index (χ2v) is 5.15. The zero-order valence-electron chi connectivity index (χ0n) is 10.1. The molecule has 2 rings (SSSR count). The molecule has 0 spiro atoms. The van der Waals surface area contributed by atoms with Crippen LogP contribution in [-0.4, -0.2) is 44.9 Å². The molecule has 1 aromatic rings. The predicted molar refractivity (Wildman–Crippen MR) is 60.8 cm³/mol. The van der Waals surface area contributed by atoms with Gasteiger partial charge >= 0.3 is 0 Å². The summed E-state index contributed by atoms with van der Waals surface area (Å²) in [5.41, 5.74) is 0.304. The van der Waals surface area contributed by atoms with Crippen molar-refractivity contribution in [1.29, 1.82) is 0 Å². The fraction of sp³-hybridized carbons (Fsp3) is 0.818. The van der Waals surface area contributed by atoms with E-state index in [1.807, 2.05) is 4.57 Å². The molecule has 2 heterocycles. The number of likely N-dealkylation sites (tertiary alicyclic amines) is 1. The van der Waals surface area contributed by atoms with Crippen LogP contribution in [0.4, 0.5) is 0 Å². The summed E-state index contributed by atoms with van der Waals surface area (Å²) >= 11 is 0. The van der Waals surface area contributed by atoms with Crippen molar-refractivity contribution in [1.82, 2.24) is 19.7 Å². The Labute approximate surface area is 96.1 Å². The number of piperidine rings is 1. The molecule has 16 heavy (non-hydrogen) atoms. The van der Waals surface area contributed by atoms with Crippen LogP contribution in [0.2, 0.25) is 0 Å². The minimum absolute atomic E-state index is 0.0318. The topological polar surface area (TPSA) is 54.2 Å². The largest absolute Gasteiger partial charge is 0.388 e. The summed E-state index contributed by atoms with van der Waals surface area (Å²) in [6.07, 6.45) is 4.09. The third-order valence-electron chi connectivity index (χ3n) is 3.58. The normalized spacial score (nSPS) is 21.2. The van der Waals surface area contributed by atoms with E-state index in [1.165, 1.54) is 12.8 Å². The monoisotopic (exact) mass is 224 g/mol. The molecule has 1 aromatic heterocycles. The Balaban J connectivity index is 2.03. The van der Waals surface area contributed by atoms with Crippen LogP contribution in [0.3, 0.4) is 0 Å². The van der Waals surface area contributed by atoms with Crippen LogP contribution in [0.15, 0.2) is 6.33 Å². The molecule has 0 aliphatic carbocycles.